The Labute approximate surface area is 182 Å². The maximum absolute atomic E-state index is 13.1. The van der Waals surface area contributed by atoms with Gasteiger partial charge in [0.05, 0.1) is 16.8 Å². The number of anilines is 1. The van der Waals surface area contributed by atoms with E-state index in [9.17, 15) is 13.2 Å². The van der Waals surface area contributed by atoms with E-state index in [-0.39, 0.29) is 4.90 Å². The molecule has 3 aromatic rings. The molecule has 2 aromatic carbocycles. The fourth-order valence-corrected chi connectivity index (χ4v) is 4.31. The van der Waals surface area contributed by atoms with Gasteiger partial charge in [0.2, 0.25) is 0 Å². The number of nitrogens with zero attached hydrogens (tertiary/aromatic N) is 3. The zero-order valence-electron chi connectivity index (χ0n) is 17.2. The Morgan fingerprint density at radius 2 is 1.68 bits per heavy atom. The SMILES string of the molecule is C/C(CCc1ccccc1)=N/NC(=O)CN(c1cccnc1)S(=O)(=O)c1ccccc1. The van der Waals surface area contributed by atoms with E-state index < -0.39 is 22.5 Å². The smallest absolute Gasteiger partial charge is 0.264 e. The van der Waals surface area contributed by atoms with Crippen LogP contribution >= 0.6 is 0 Å². The summed E-state index contributed by atoms with van der Waals surface area (Å²) in [6, 6.07) is 21.2. The zero-order valence-corrected chi connectivity index (χ0v) is 18.0. The van der Waals surface area contributed by atoms with Crippen molar-refractivity contribution in [3.05, 3.63) is 90.8 Å². The number of amides is 1. The van der Waals surface area contributed by atoms with Gasteiger partial charge in [0.1, 0.15) is 6.54 Å². The van der Waals surface area contributed by atoms with E-state index in [1.807, 2.05) is 37.3 Å². The summed E-state index contributed by atoms with van der Waals surface area (Å²) in [7, 11) is -3.95. The largest absolute Gasteiger partial charge is 0.271 e. The lowest BCUT2D eigenvalue weighted by Crippen LogP contribution is -2.39. The molecule has 1 heterocycles. The molecule has 0 spiro atoms. The van der Waals surface area contributed by atoms with Crippen molar-refractivity contribution in [2.75, 3.05) is 10.8 Å². The Hall–Kier alpha value is -3.52. The molecule has 0 saturated carbocycles. The van der Waals surface area contributed by atoms with Gasteiger partial charge in [-0.15, -0.1) is 0 Å². The molecule has 0 atom stereocenters. The predicted molar refractivity (Wildman–Crippen MR) is 121 cm³/mol. The summed E-state index contributed by atoms with van der Waals surface area (Å²) in [5, 5.41) is 4.12. The van der Waals surface area contributed by atoms with Crippen LogP contribution in [0.5, 0.6) is 0 Å². The number of sulfonamides is 1. The minimum atomic E-state index is -3.95. The third-order valence-electron chi connectivity index (χ3n) is 4.54. The topological polar surface area (TPSA) is 91.7 Å². The summed E-state index contributed by atoms with van der Waals surface area (Å²) >= 11 is 0. The van der Waals surface area contributed by atoms with Crippen LogP contribution in [0, 0.1) is 0 Å². The van der Waals surface area contributed by atoms with Crippen molar-refractivity contribution in [2.45, 2.75) is 24.7 Å². The summed E-state index contributed by atoms with van der Waals surface area (Å²) in [6.07, 6.45) is 4.43. The summed E-state index contributed by atoms with van der Waals surface area (Å²) in [6.45, 7) is 1.40. The first-order chi connectivity index (χ1) is 15.0. The van der Waals surface area contributed by atoms with Crippen molar-refractivity contribution < 1.29 is 13.2 Å². The Balaban J connectivity index is 1.70. The number of benzene rings is 2. The summed E-state index contributed by atoms with van der Waals surface area (Å²) in [4.78, 5) is 16.6. The maximum Gasteiger partial charge on any atom is 0.264 e. The number of carbonyl (C=O) groups excluding carboxylic acids is 1. The molecule has 0 bridgehead atoms. The first-order valence-electron chi connectivity index (χ1n) is 9.80. The van der Waals surface area contributed by atoms with Crippen LogP contribution in [-0.2, 0) is 21.2 Å². The molecule has 0 aliphatic heterocycles. The lowest BCUT2D eigenvalue weighted by atomic mass is 10.1. The molecule has 1 N–H and O–H groups in total. The molecule has 0 aliphatic rings. The molecule has 3 rings (SSSR count). The fourth-order valence-electron chi connectivity index (χ4n) is 2.89. The van der Waals surface area contributed by atoms with Crippen molar-refractivity contribution in [3.8, 4) is 0 Å². The van der Waals surface area contributed by atoms with Crippen LogP contribution in [0.4, 0.5) is 5.69 Å². The van der Waals surface area contributed by atoms with E-state index in [1.54, 1.807) is 30.3 Å². The first kappa shape index (κ1) is 22.2. The number of pyridine rings is 1. The quantitative estimate of drug-likeness (QED) is 0.411. The normalized spacial score (nSPS) is 11.7. The van der Waals surface area contributed by atoms with E-state index >= 15 is 0 Å². The molecular weight excluding hydrogens is 412 g/mol. The molecule has 1 aromatic heterocycles. The van der Waals surface area contributed by atoms with E-state index in [0.717, 1.165) is 16.4 Å². The van der Waals surface area contributed by atoms with Gasteiger partial charge in [-0.05, 0) is 49.6 Å². The second-order valence-electron chi connectivity index (χ2n) is 6.90. The zero-order chi connectivity index (χ0) is 22.1. The van der Waals surface area contributed by atoms with E-state index in [0.29, 0.717) is 12.1 Å². The van der Waals surface area contributed by atoms with Crippen molar-refractivity contribution in [1.82, 2.24) is 10.4 Å². The Morgan fingerprint density at radius 1 is 1.00 bits per heavy atom. The number of aryl methyl sites for hydroxylation is 1. The number of hydrogen-bond acceptors (Lipinski definition) is 5. The van der Waals surface area contributed by atoms with Crippen molar-refractivity contribution in [1.29, 1.82) is 0 Å². The Bertz CT molecular complexity index is 1120. The standard InChI is InChI=1S/C23H24N4O3S/c1-19(14-15-20-9-4-2-5-10-20)25-26-23(28)18-27(21-11-8-16-24-17-21)31(29,30)22-12-6-3-7-13-22/h2-13,16-17H,14-15,18H2,1H3,(H,26,28)/b25-19-. The highest BCUT2D eigenvalue weighted by Gasteiger charge is 2.27. The molecule has 7 nitrogen and oxygen atoms in total. The molecule has 0 saturated heterocycles. The summed E-state index contributed by atoms with van der Waals surface area (Å²) in [5.41, 5.74) is 4.69. The Kier molecular flexibility index (Phi) is 7.50. The molecule has 0 unspecified atom stereocenters. The van der Waals surface area contributed by atoms with Crippen LogP contribution in [0.15, 0.2) is 95.2 Å². The predicted octanol–water partition coefficient (Wildman–Crippen LogP) is 3.40. The Morgan fingerprint density at radius 3 is 2.32 bits per heavy atom. The number of aromatic nitrogens is 1. The van der Waals surface area contributed by atoms with Gasteiger partial charge in [-0.25, -0.2) is 13.8 Å². The van der Waals surface area contributed by atoms with Gasteiger partial charge in [-0.3, -0.25) is 14.1 Å². The average molecular weight is 437 g/mol. The van der Waals surface area contributed by atoms with Crippen LogP contribution in [0.1, 0.15) is 18.9 Å². The lowest BCUT2D eigenvalue weighted by molar-refractivity contribution is -0.119. The second kappa shape index (κ2) is 10.5. The van der Waals surface area contributed by atoms with Gasteiger partial charge in [0.25, 0.3) is 15.9 Å². The summed E-state index contributed by atoms with van der Waals surface area (Å²) < 4.78 is 27.3. The number of rotatable bonds is 9. The van der Waals surface area contributed by atoms with E-state index in [1.165, 1.54) is 30.1 Å². The molecule has 0 radical (unpaired) electrons. The lowest BCUT2D eigenvalue weighted by Gasteiger charge is -2.23. The van der Waals surface area contributed by atoms with Crippen molar-refractivity contribution in [2.24, 2.45) is 5.10 Å². The number of nitrogens with one attached hydrogen (secondary N) is 1. The van der Waals surface area contributed by atoms with E-state index in [2.05, 4.69) is 15.5 Å². The number of carbonyl (C=O) groups is 1. The maximum atomic E-state index is 13.1. The van der Waals surface area contributed by atoms with Crippen LogP contribution in [0.25, 0.3) is 0 Å². The molecule has 1 amide bonds. The number of hydrazone groups is 1. The molecule has 8 heteroatoms. The van der Waals surface area contributed by atoms with Gasteiger partial charge in [-0.2, -0.15) is 5.10 Å². The average Bonchev–Trinajstić information content (AvgIpc) is 2.81. The second-order valence-corrected chi connectivity index (χ2v) is 8.77. The van der Waals surface area contributed by atoms with Crippen LogP contribution < -0.4 is 9.73 Å². The van der Waals surface area contributed by atoms with Gasteiger partial charge in [0, 0.05) is 11.9 Å². The minimum absolute atomic E-state index is 0.0918. The fraction of sp³-hybridized carbons (Fsp3) is 0.174. The van der Waals surface area contributed by atoms with Crippen molar-refractivity contribution >= 4 is 27.3 Å². The monoisotopic (exact) mass is 436 g/mol. The molecular formula is C23H24N4O3S. The third-order valence-corrected chi connectivity index (χ3v) is 6.33. The van der Waals surface area contributed by atoms with E-state index in [4.69, 9.17) is 0 Å². The molecule has 160 valence electrons. The minimum Gasteiger partial charge on any atom is -0.271 e. The highest BCUT2D eigenvalue weighted by atomic mass is 32.2. The van der Waals surface area contributed by atoms with Gasteiger partial charge >= 0.3 is 0 Å². The van der Waals surface area contributed by atoms with Crippen LogP contribution in [0.2, 0.25) is 0 Å². The first-order valence-corrected chi connectivity index (χ1v) is 11.2. The van der Waals surface area contributed by atoms with Gasteiger partial charge in [0.15, 0.2) is 0 Å². The van der Waals surface area contributed by atoms with Gasteiger partial charge < -0.3 is 0 Å². The van der Waals surface area contributed by atoms with Crippen LogP contribution in [-0.4, -0.2) is 31.6 Å². The highest BCUT2D eigenvalue weighted by molar-refractivity contribution is 7.92. The molecule has 0 aliphatic carbocycles. The third kappa shape index (κ3) is 6.23. The van der Waals surface area contributed by atoms with Crippen LogP contribution in [0.3, 0.4) is 0 Å². The molecule has 31 heavy (non-hydrogen) atoms. The summed E-state index contributed by atoms with van der Waals surface area (Å²) in [5.74, 6) is -0.539. The van der Waals surface area contributed by atoms with Crippen molar-refractivity contribution in [3.63, 3.8) is 0 Å². The highest BCUT2D eigenvalue weighted by Crippen LogP contribution is 2.22. The molecule has 0 fully saturated rings. The number of hydrogen-bond donors (Lipinski definition) is 1. The van der Waals surface area contributed by atoms with Gasteiger partial charge in [-0.1, -0.05) is 48.5 Å².